The molecule has 2 aromatic rings. The van der Waals surface area contributed by atoms with Crippen LogP contribution in [0, 0.1) is 20.8 Å². The van der Waals surface area contributed by atoms with Crippen LogP contribution in [0.5, 0.6) is 11.5 Å². The van der Waals surface area contributed by atoms with Gasteiger partial charge in [0.25, 0.3) is 0 Å². The number of oxime groups is 1. The van der Waals surface area contributed by atoms with Gasteiger partial charge in [0.05, 0.1) is 5.56 Å². The highest BCUT2D eigenvalue weighted by Crippen LogP contribution is 2.31. The lowest BCUT2D eigenvalue weighted by molar-refractivity contribution is 0.318. The maximum absolute atomic E-state index is 8.88. The van der Waals surface area contributed by atoms with Gasteiger partial charge in [-0.3, -0.25) is 0 Å². The van der Waals surface area contributed by atoms with Crippen LogP contribution >= 0.6 is 0 Å². The zero-order chi connectivity index (χ0) is 14.7. The summed E-state index contributed by atoms with van der Waals surface area (Å²) in [7, 11) is 0. The molecule has 0 fully saturated rings. The number of hydrogen-bond acceptors (Lipinski definition) is 3. The van der Waals surface area contributed by atoms with Gasteiger partial charge in [0.15, 0.2) is 5.84 Å². The van der Waals surface area contributed by atoms with E-state index in [0.717, 1.165) is 22.4 Å². The quantitative estimate of drug-likeness (QED) is 0.388. The van der Waals surface area contributed by atoms with Crippen LogP contribution in [0.3, 0.4) is 0 Å². The molecule has 20 heavy (non-hydrogen) atoms. The zero-order valence-corrected chi connectivity index (χ0v) is 11.8. The van der Waals surface area contributed by atoms with Crippen LogP contribution in [0.2, 0.25) is 0 Å². The van der Waals surface area contributed by atoms with Gasteiger partial charge in [-0.15, -0.1) is 0 Å². The van der Waals surface area contributed by atoms with Gasteiger partial charge in [-0.1, -0.05) is 29.4 Å². The van der Waals surface area contributed by atoms with Crippen molar-refractivity contribution in [1.82, 2.24) is 0 Å². The van der Waals surface area contributed by atoms with Crippen molar-refractivity contribution in [3.8, 4) is 11.5 Å². The number of rotatable bonds is 3. The summed E-state index contributed by atoms with van der Waals surface area (Å²) in [6.45, 7) is 5.92. The second-order valence-electron chi connectivity index (χ2n) is 4.81. The Kier molecular flexibility index (Phi) is 3.94. The lowest BCUT2D eigenvalue weighted by Gasteiger charge is -2.15. The minimum absolute atomic E-state index is 0.0361. The van der Waals surface area contributed by atoms with E-state index in [4.69, 9.17) is 15.7 Å². The average Bonchev–Trinajstić information content (AvgIpc) is 2.44. The Balaban J connectivity index is 2.50. The number of hydrogen-bond donors (Lipinski definition) is 2. The molecule has 0 unspecified atom stereocenters. The summed E-state index contributed by atoms with van der Waals surface area (Å²) < 4.78 is 6.00. The highest BCUT2D eigenvalue weighted by molar-refractivity contribution is 6.00. The van der Waals surface area contributed by atoms with Gasteiger partial charge in [0, 0.05) is 0 Å². The Morgan fingerprint density at radius 3 is 2.55 bits per heavy atom. The third-order valence-corrected chi connectivity index (χ3v) is 3.15. The van der Waals surface area contributed by atoms with Gasteiger partial charge in [0.2, 0.25) is 0 Å². The Morgan fingerprint density at radius 1 is 1.10 bits per heavy atom. The first-order valence-electron chi connectivity index (χ1n) is 6.35. The molecule has 4 heteroatoms. The summed E-state index contributed by atoms with van der Waals surface area (Å²) in [5.74, 6) is 1.41. The summed E-state index contributed by atoms with van der Waals surface area (Å²) >= 11 is 0. The fourth-order valence-corrected chi connectivity index (χ4v) is 1.97. The van der Waals surface area contributed by atoms with Crippen LogP contribution in [0.25, 0.3) is 0 Å². The number of para-hydroxylation sites is 1. The topological polar surface area (TPSA) is 67.8 Å². The smallest absolute Gasteiger partial charge is 0.173 e. The molecule has 0 radical (unpaired) electrons. The van der Waals surface area contributed by atoms with Gasteiger partial charge in [0.1, 0.15) is 11.5 Å². The summed E-state index contributed by atoms with van der Waals surface area (Å²) in [4.78, 5) is 0. The van der Waals surface area contributed by atoms with Crippen molar-refractivity contribution in [2.24, 2.45) is 10.9 Å². The van der Waals surface area contributed by atoms with E-state index in [-0.39, 0.29) is 5.84 Å². The first-order chi connectivity index (χ1) is 9.52. The number of ether oxygens (including phenoxy) is 1. The summed E-state index contributed by atoms with van der Waals surface area (Å²) in [6.07, 6.45) is 0. The number of nitrogens with two attached hydrogens (primary N) is 1. The lowest BCUT2D eigenvalue weighted by Crippen LogP contribution is -2.14. The summed E-state index contributed by atoms with van der Waals surface area (Å²) in [5, 5.41) is 11.9. The first kappa shape index (κ1) is 13.9. The van der Waals surface area contributed by atoms with E-state index in [9.17, 15) is 0 Å². The number of amidine groups is 1. The van der Waals surface area contributed by atoms with Crippen LogP contribution in [-0.4, -0.2) is 11.0 Å². The normalized spacial score (nSPS) is 11.4. The van der Waals surface area contributed by atoms with Crippen molar-refractivity contribution in [2.45, 2.75) is 20.8 Å². The van der Waals surface area contributed by atoms with Gasteiger partial charge in [-0.05, 0) is 49.6 Å². The molecule has 0 saturated carbocycles. The Labute approximate surface area is 118 Å². The van der Waals surface area contributed by atoms with E-state index in [0.29, 0.717) is 11.3 Å². The molecule has 0 aliphatic carbocycles. The number of aryl methyl sites for hydroxylation is 3. The molecule has 0 aliphatic rings. The second-order valence-corrected chi connectivity index (χ2v) is 4.81. The Bertz CT molecular complexity index is 664. The van der Waals surface area contributed by atoms with Crippen LogP contribution in [0.15, 0.2) is 41.6 Å². The van der Waals surface area contributed by atoms with Gasteiger partial charge >= 0.3 is 0 Å². The predicted octanol–water partition coefficient (Wildman–Crippen LogP) is 3.50. The molecular formula is C16H18N2O2. The van der Waals surface area contributed by atoms with E-state index in [2.05, 4.69) is 5.16 Å². The standard InChI is InChI=1S/C16H18N2O2/c1-10-7-8-11(2)14(9-10)20-15-12(3)5-4-6-13(15)16(17)18-19/h4-9,19H,1-3H3,(H2,17,18). The molecule has 0 amide bonds. The van der Waals surface area contributed by atoms with E-state index in [1.165, 1.54) is 0 Å². The van der Waals surface area contributed by atoms with Crippen LogP contribution in [-0.2, 0) is 0 Å². The molecule has 0 saturated heterocycles. The molecule has 0 spiro atoms. The largest absolute Gasteiger partial charge is 0.456 e. The molecule has 0 atom stereocenters. The van der Waals surface area contributed by atoms with Crippen molar-refractivity contribution in [1.29, 1.82) is 0 Å². The molecule has 0 aromatic heterocycles. The van der Waals surface area contributed by atoms with Crippen molar-refractivity contribution in [3.05, 3.63) is 58.7 Å². The van der Waals surface area contributed by atoms with Crippen molar-refractivity contribution >= 4 is 5.84 Å². The number of nitrogens with zero attached hydrogens (tertiary/aromatic N) is 1. The monoisotopic (exact) mass is 270 g/mol. The third kappa shape index (κ3) is 2.74. The van der Waals surface area contributed by atoms with Gasteiger partial charge in [-0.25, -0.2) is 0 Å². The van der Waals surface area contributed by atoms with E-state index >= 15 is 0 Å². The zero-order valence-electron chi connectivity index (χ0n) is 11.8. The third-order valence-electron chi connectivity index (χ3n) is 3.15. The maximum Gasteiger partial charge on any atom is 0.173 e. The Hall–Kier alpha value is -2.49. The Morgan fingerprint density at radius 2 is 1.85 bits per heavy atom. The fourth-order valence-electron chi connectivity index (χ4n) is 1.97. The highest BCUT2D eigenvalue weighted by Gasteiger charge is 2.13. The summed E-state index contributed by atoms with van der Waals surface area (Å²) in [6, 6.07) is 11.5. The van der Waals surface area contributed by atoms with Crippen LogP contribution in [0.4, 0.5) is 0 Å². The van der Waals surface area contributed by atoms with Gasteiger partial charge < -0.3 is 15.7 Å². The molecule has 104 valence electrons. The molecule has 0 heterocycles. The average molecular weight is 270 g/mol. The van der Waals surface area contributed by atoms with Gasteiger partial charge in [-0.2, -0.15) is 0 Å². The molecule has 2 aromatic carbocycles. The minimum atomic E-state index is 0.0361. The fraction of sp³-hybridized carbons (Fsp3) is 0.188. The molecular weight excluding hydrogens is 252 g/mol. The van der Waals surface area contributed by atoms with E-state index < -0.39 is 0 Å². The molecule has 2 rings (SSSR count). The van der Waals surface area contributed by atoms with Crippen molar-refractivity contribution in [3.63, 3.8) is 0 Å². The van der Waals surface area contributed by atoms with E-state index in [1.807, 2.05) is 51.1 Å². The lowest BCUT2D eigenvalue weighted by atomic mass is 10.1. The summed E-state index contributed by atoms with van der Waals surface area (Å²) in [5.41, 5.74) is 9.36. The molecule has 0 aliphatic heterocycles. The van der Waals surface area contributed by atoms with Crippen LogP contribution < -0.4 is 10.5 Å². The maximum atomic E-state index is 8.88. The molecule has 0 bridgehead atoms. The first-order valence-corrected chi connectivity index (χ1v) is 6.35. The highest BCUT2D eigenvalue weighted by atomic mass is 16.5. The molecule has 3 N–H and O–H groups in total. The van der Waals surface area contributed by atoms with Crippen LogP contribution in [0.1, 0.15) is 22.3 Å². The molecule has 4 nitrogen and oxygen atoms in total. The van der Waals surface area contributed by atoms with E-state index in [1.54, 1.807) is 6.07 Å². The SMILES string of the molecule is Cc1ccc(C)c(Oc2c(C)cccc2/C(N)=N/O)c1. The van der Waals surface area contributed by atoms with Crippen molar-refractivity contribution < 1.29 is 9.94 Å². The predicted molar refractivity (Wildman–Crippen MR) is 79.7 cm³/mol. The minimum Gasteiger partial charge on any atom is -0.456 e. The van der Waals surface area contributed by atoms with Crippen molar-refractivity contribution in [2.75, 3.05) is 0 Å². The second kappa shape index (κ2) is 5.65. The number of benzene rings is 2.